The molecular formula is C21H19FN6O3. The predicted molar refractivity (Wildman–Crippen MR) is 112 cm³/mol. The lowest BCUT2D eigenvalue weighted by Crippen LogP contribution is -2.18. The quantitative estimate of drug-likeness (QED) is 0.449. The highest BCUT2D eigenvalue weighted by Gasteiger charge is 2.14. The third-order valence-electron chi connectivity index (χ3n) is 4.24. The monoisotopic (exact) mass is 422 g/mol. The number of benzene rings is 1. The molecule has 0 atom stereocenters. The topological polar surface area (TPSA) is 113 Å². The highest BCUT2D eigenvalue weighted by Crippen LogP contribution is 2.26. The van der Waals surface area contributed by atoms with Crippen molar-refractivity contribution in [3.8, 4) is 11.3 Å². The van der Waals surface area contributed by atoms with Gasteiger partial charge in [0, 0.05) is 29.8 Å². The molecule has 3 heterocycles. The van der Waals surface area contributed by atoms with Crippen LogP contribution < -0.4 is 10.6 Å². The number of imidazole rings is 1. The number of nitrogens with zero attached hydrogens (tertiary/aromatic N) is 3. The summed E-state index contributed by atoms with van der Waals surface area (Å²) in [5, 5.41) is 5.29. The van der Waals surface area contributed by atoms with Crippen LogP contribution in [0, 0.1) is 5.82 Å². The average molecular weight is 422 g/mol. The molecule has 1 aromatic carbocycles. The van der Waals surface area contributed by atoms with E-state index in [1.165, 1.54) is 24.4 Å². The van der Waals surface area contributed by atoms with Gasteiger partial charge in [0.1, 0.15) is 11.5 Å². The number of ether oxygens (including phenoxy) is 1. The van der Waals surface area contributed by atoms with Crippen LogP contribution in [0.4, 0.5) is 20.6 Å². The first-order valence-electron chi connectivity index (χ1n) is 9.46. The van der Waals surface area contributed by atoms with Crippen LogP contribution in [0.1, 0.15) is 24.3 Å². The molecule has 0 unspecified atom stereocenters. The van der Waals surface area contributed by atoms with Gasteiger partial charge in [0.25, 0.3) is 5.91 Å². The van der Waals surface area contributed by atoms with Crippen molar-refractivity contribution in [3.63, 3.8) is 0 Å². The molecule has 158 valence electrons. The van der Waals surface area contributed by atoms with E-state index in [1.807, 2.05) is 0 Å². The Bertz CT molecular complexity index is 1250. The summed E-state index contributed by atoms with van der Waals surface area (Å²) in [5.41, 5.74) is 1.72. The Morgan fingerprint density at radius 1 is 1.16 bits per heavy atom. The number of hydrogen-bond acceptors (Lipinski definition) is 5. The number of hydrogen-bond donors (Lipinski definition) is 3. The number of H-pyrrole nitrogens is 1. The van der Waals surface area contributed by atoms with Gasteiger partial charge in [-0.2, -0.15) is 0 Å². The number of aromatic amines is 1. The van der Waals surface area contributed by atoms with Crippen molar-refractivity contribution >= 4 is 29.2 Å². The summed E-state index contributed by atoms with van der Waals surface area (Å²) in [6, 6.07) is 7.57. The normalized spacial score (nSPS) is 11.0. The van der Waals surface area contributed by atoms with Crippen LogP contribution in [0.5, 0.6) is 0 Å². The molecule has 0 aliphatic rings. The minimum atomic E-state index is -0.604. The van der Waals surface area contributed by atoms with E-state index in [9.17, 15) is 14.0 Å². The van der Waals surface area contributed by atoms with Crippen LogP contribution >= 0.6 is 0 Å². The first-order chi connectivity index (χ1) is 14.9. The molecule has 0 spiro atoms. The molecule has 3 N–H and O–H groups in total. The Kier molecular flexibility index (Phi) is 5.35. The molecule has 0 aliphatic heterocycles. The zero-order chi connectivity index (χ0) is 22.0. The van der Waals surface area contributed by atoms with E-state index < -0.39 is 11.9 Å². The van der Waals surface area contributed by atoms with E-state index in [2.05, 4.69) is 25.6 Å². The second kappa shape index (κ2) is 8.27. The van der Waals surface area contributed by atoms with Gasteiger partial charge in [0.05, 0.1) is 23.7 Å². The summed E-state index contributed by atoms with van der Waals surface area (Å²) in [6.45, 7) is 3.48. The van der Waals surface area contributed by atoms with E-state index in [0.29, 0.717) is 28.5 Å². The fourth-order valence-corrected chi connectivity index (χ4v) is 2.91. The van der Waals surface area contributed by atoms with Crippen LogP contribution in [0.15, 0.2) is 55.1 Å². The number of halogens is 1. The van der Waals surface area contributed by atoms with Crippen LogP contribution in [0.3, 0.4) is 0 Å². The predicted octanol–water partition coefficient (Wildman–Crippen LogP) is 4.07. The fraction of sp³-hybridized carbons (Fsp3) is 0.143. The summed E-state index contributed by atoms with van der Waals surface area (Å²) >= 11 is 0. The number of amides is 2. The van der Waals surface area contributed by atoms with E-state index in [-0.39, 0.29) is 17.6 Å². The number of anilines is 2. The van der Waals surface area contributed by atoms with Crippen molar-refractivity contribution in [2.24, 2.45) is 0 Å². The van der Waals surface area contributed by atoms with Gasteiger partial charge in [0.2, 0.25) is 5.78 Å². The third kappa shape index (κ3) is 4.53. The van der Waals surface area contributed by atoms with E-state index in [1.54, 1.807) is 49.0 Å². The van der Waals surface area contributed by atoms with Crippen LogP contribution in [-0.2, 0) is 4.74 Å². The molecule has 0 saturated carbocycles. The summed E-state index contributed by atoms with van der Waals surface area (Å²) in [4.78, 5) is 35.3. The van der Waals surface area contributed by atoms with E-state index in [4.69, 9.17) is 4.74 Å². The van der Waals surface area contributed by atoms with Gasteiger partial charge < -0.3 is 15.0 Å². The smallest absolute Gasteiger partial charge is 0.411 e. The van der Waals surface area contributed by atoms with Crippen molar-refractivity contribution in [1.29, 1.82) is 0 Å². The number of aromatic nitrogens is 4. The van der Waals surface area contributed by atoms with Gasteiger partial charge >= 0.3 is 6.09 Å². The number of fused-ring (bicyclic) bond motifs is 1. The Hall–Kier alpha value is -4.21. The SMILES string of the molecule is CC(C)OC(=O)Nc1cnc2nc(-c3cc(NC(=O)c4ccc[nH]4)ccc3F)cn2c1. The van der Waals surface area contributed by atoms with Crippen molar-refractivity contribution in [2.45, 2.75) is 20.0 Å². The van der Waals surface area contributed by atoms with Gasteiger partial charge in [-0.3, -0.25) is 14.5 Å². The molecule has 0 aliphatic carbocycles. The van der Waals surface area contributed by atoms with Gasteiger partial charge in [-0.25, -0.2) is 19.2 Å². The second-order valence-electron chi connectivity index (χ2n) is 6.99. The van der Waals surface area contributed by atoms with Crippen LogP contribution in [0.25, 0.3) is 17.0 Å². The lowest BCUT2D eigenvalue weighted by Gasteiger charge is -2.09. The highest BCUT2D eigenvalue weighted by atomic mass is 19.1. The number of carbonyl (C=O) groups excluding carboxylic acids is 2. The maximum atomic E-state index is 14.5. The molecule has 0 saturated heterocycles. The summed E-state index contributed by atoms with van der Waals surface area (Å²) in [7, 11) is 0. The van der Waals surface area contributed by atoms with Gasteiger partial charge in [-0.05, 0) is 44.2 Å². The summed E-state index contributed by atoms with van der Waals surface area (Å²) in [6.07, 6.45) is 5.38. The molecule has 0 fully saturated rings. The summed E-state index contributed by atoms with van der Waals surface area (Å²) in [5.74, 6) is -0.527. The summed E-state index contributed by atoms with van der Waals surface area (Å²) < 4.78 is 21.1. The van der Waals surface area contributed by atoms with E-state index in [0.717, 1.165) is 0 Å². The zero-order valence-electron chi connectivity index (χ0n) is 16.7. The Labute approximate surface area is 176 Å². The number of nitrogens with one attached hydrogen (secondary N) is 3. The van der Waals surface area contributed by atoms with Gasteiger partial charge in [0.15, 0.2) is 0 Å². The highest BCUT2D eigenvalue weighted by molar-refractivity contribution is 6.03. The minimum absolute atomic E-state index is 0.198. The minimum Gasteiger partial charge on any atom is -0.447 e. The molecule has 31 heavy (non-hydrogen) atoms. The number of rotatable bonds is 5. The Morgan fingerprint density at radius 3 is 2.74 bits per heavy atom. The fourth-order valence-electron chi connectivity index (χ4n) is 2.91. The van der Waals surface area contributed by atoms with Crippen LogP contribution in [0.2, 0.25) is 0 Å². The van der Waals surface area contributed by atoms with Crippen molar-refractivity contribution in [3.05, 3.63) is 66.6 Å². The molecule has 0 radical (unpaired) electrons. The molecule has 4 aromatic rings. The standard InChI is InChI=1S/C21H19FN6O3/c1-12(2)31-21(30)26-14-9-24-20-27-18(11-28(20)10-14)15-8-13(5-6-16(15)22)25-19(29)17-4-3-7-23-17/h3-12,23H,1-2H3,(H,25,29)(H,26,30). The van der Waals surface area contributed by atoms with Crippen molar-refractivity contribution in [2.75, 3.05) is 10.6 Å². The Morgan fingerprint density at radius 2 is 2.00 bits per heavy atom. The molecule has 2 amide bonds. The number of carbonyl (C=O) groups is 2. The molecule has 4 rings (SSSR count). The van der Waals surface area contributed by atoms with Crippen molar-refractivity contribution in [1.82, 2.24) is 19.4 Å². The lowest BCUT2D eigenvalue weighted by molar-refractivity contribution is 0.102. The average Bonchev–Trinajstić information content (AvgIpc) is 3.38. The van der Waals surface area contributed by atoms with Gasteiger partial charge in [-0.15, -0.1) is 0 Å². The molecular weight excluding hydrogens is 403 g/mol. The maximum absolute atomic E-state index is 14.5. The third-order valence-corrected chi connectivity index (χ3v) is 4.24. The second-order valence-corrected chi connectivity index (χ2v) is 6.99. The largest absolute Gasteiger partial charge is 0.447 e. The maximum Gasteiger partial charge on any atom is 0.411 e. The molecule has 10 heteroatoms. The first kappa shape index (κ1) is 20.1. The van der Waals surface area contributed by atoms with Gasteiger partial charge in [-0.1, -0.05) is 0 Å². The lowest BCUT2D eigenvalue weighted by atomic mass is 10.1. The Balaban J connectivity index is 1.59. The zero-order valence-corrected chi connectivity index (χ0v) is 16.7. The van der Waals surface area contributed by atoms with E-state index >= 15 is 0 Å². The molecule has 3 aromatic heterocycles. The van der Waals surface area contributed by atoms with Crippen molar-refractivity contribution < 1.29 is 18.7 Å². The van der Waals surface area contributed by atoms with Crippen LogP contribution in [-0.4, -0.2) is 37.5 Å². The first-order valence-corrected chi connectivity index (χ1v) is 9.46. The molecule has 9 nitrogen and oxygen atoms in total. The molecule has 0 bridgehead atoms.